The molecule has 1 fully saturated rings. The Labute approximate surface area is 231 Å². The molecule has 2 aromatic heterocycles. The van der Waals surface area contributed by atoms with Crippen LogP contribution in [0.3, 0.4) is 0 Å². The Kier molecular flexibility index (Phi) is 6.86. The first-order valence-electron chi connectivity index (χ1n) is 13.0. The highest BCUT2D eigenvalue weighted by atomic mass is 35.5. The monoisotopic (exact) mass is 541 g/mol. The smallest absolute Gasteiger partial charge is 0.298 e. The second-order valence-electron chi connectivity index (χ2n) is 9.69. The van der Waals surface area contributed by atoms with Crippen molar-refractivity contribution in [2.24, 2.45) is 0 Å². The number of halogens is 1. The number of methoxy groups -OCH3 is 1. The first-order chi connectivity index (χ1) is 19.0. The zero-order valence-electron chi connectivity index (χ0n) is 21.8. The minimum absolute atomic E-state index is 0.0873. The summed E-state index contributed by atoms with van der Waals surface area (Å²) in [6, 6.07) is 18.0. The van der Waals surface area contributed by atoms with E-state index in [-0.39, 0.29) is 11.9 Å². The summed E-state index contributed by atoms with van der Waals surface area (Å²) < 4.78 is 13.3. The lowest BCUT2D eigenvalue weighted by molar-refractivity contribution is -0.126. The average molecular weight is 542 g/mol. The zero-order valence-corrected chi connectivity index (χ0v) is 22.5. The van der Waals surface area contributed by atoms with Crippen LogP contribution in [0.2, 0.25) is 5.02 Å². The number of carbonyl (C=O) groups excluding carboxylic acids is 1. The van der Waals surface area contributed by atoms with E-state index in [2.05, 4.69) is 40.5 Å². The molecular formula is C30H28ClN5O3. The Hall–Kier alpha value is -4.06. The summed E-state index contributed by atoms with van der Waals surface area (Å²) in [7, 11) is 1.59. The van der Waals surface area contributed by atoms with Crippen molar-refractivity contribution in [3.05, 3.63) is 65.2 Å². The van der Waals surface area contributed by atoms with Gasteiger partial charge in [0.05, 0.1) is 18.8 Å². The van der Waals surface area contributed by atoms with Crippen molar-refractivity contribution in [1.29, 1.82) is 0 Å². The Bertz CT molecular complexity index is 1610. The van der Waals surface area contributed by atoms with Crippen molar-refractivity contribution in [2.75, 3.05) is 26.8 Å². The summed E-state index contributed by atoms with van der Waals surface area (Å²) in [4.78, 5) is 18.8. The first-order valence-corrected chi connectivity index (χ1v) is 13.4. The number of hydrogen-bond donors (Lipinski definition) is 1. The zero-order chi connectivity index (χ0) is 26.9. The second-order valence-corrected chi connectivity index (χ2v) is 10.1. The van der Waals surface area contributed by atoms with Gasteiger partial charge in [-0.2, -0.15) is 0 Å². The molecule has 0 unspecified atom stereocenters. The number of piperidine rings is 1. The van der Waals surface area contributed by atoms with Crippen molar-refractivity contribution in [3.63, 3.8) is 0 Å². The number of imidazole rings is 1. The van der Waals surface area contributed by atoms with Crippen molar-refractivity contribution in [2.45, 2.75) is 31.8 Å². The molecule has 2 aliphatic heterocycles. The van der Waals surface area contributed by atoms with Crippen LogP contribution >= 0.6 is 11.6 Å². The van der Waals surface area contributed by atoms with Crippen molar-refractivity contribution in [1.82, 2.24) is 24.8 Å². The molecule has 0 bridgehead atoms. The largest absolute Gasteiger partial charge is 0.491 e. The second kappa shape index (κ2) is 10.6. The number of likely N-dealkylation sites (tertiary alicyclic amines) is 1. The molecule has 39 heavy (non-hydrogen) atoms. The van der Waals surface area contributed by atoms with Crippen LogP contribution in [-0.4, -0.2) is 58.3 Å². The molecule has 2 aliphatic rings. The summed E-state index contributed by atoms with van der Waals surface area (Å²) in [6.07, 6.45) is 1.78. The molecule has 9 heteroatoms. The van der Waals surface area contributed by atoms with Crippen LogP contribution in [0.5, 0.6) is 11.6 Å². The number of carbonyl (C=O) groups is 1. The fourth-order valence-corrected chi connectivity index (χ4v) is 5.53. The molecular weight excluding hydrogens is 514 g/mol. The number of rotatable bonds is 5. The molecule has 1 N–H and O–H groups in total. The molecule has 198 valence electrons. The van der Waals surface area contributed by atoms with E-state index in [1.54, 1.807) is 24.6 Å². The van der Waals surface area contributed by atoms with Crippen LogP contribution < -0.4 is 14.8 Å². The molecule has 1 amide bonds. The highest BCUT2D eigenvalue weighted by Gasteiger charge is 2.30. The van der Waals surface area contributed by atoms with Gasteiger partial charge in [0.2, 0.25) is 5.88 Å². The number of benzene rings is 2. The van der Waals surface area contributed by atoms with Gasteiger partial charge in [-0.25, -0.2) is 9.50 Å². The third-order valence-corrected chi connectivity index (χ3v) is 7.51. The number of ether oxygens (including phenoxy) is 2. The van der Waals surface area contributed by atoms with Crippen LogP contribution in [0, 0.1) is 11.8 Å². The lowest BCUT2D eigenvalue weighted by atomic mass is 9.99. The molecule has 6 rings (SSSR count). The van der Waals surface area contributed by atoms with Gasteiger partial charge >= 0.3 is 0 Å². The molecule has 0 aliphatic carbocycles. The van der Waals surface area contributed by atoms with Gasteiger partial charge in [-0.3, -0.25) is 4.79 Å². The molecule has 4 heterocycles. The number of nitrogens with one attached hydrogen (secondary N) is 1. The minimum Gasteiger partial charge on any atom is -0.491 e. The van der Waals surface area contributed by atoms with E-state index < -0.39 is 0 Å². The lowest BCUT2D eigenvalue weighted by Gasteiger charge is -2.32. The number of fused-ring (bicyclic) bond motifs is 2. The predicted octanol–water partition coefficient (Wildman–Crippen LogP) is 4.76. The Balaban J connectivity index is 1.28. The maximum atomic E-state index is 12.1. The van der Waals surface area contributed by atoms with E-state index in [1.807, 2.05) is 35.2 Å². The molecule has 0 saturated carbocycles. The van der Waals surface area contributed by atoms with Crippen LogP contribution in [-0.2, 0) is 4.79 Å². The van der Waals surface area contributed by atoms with Crippen molar-refractivity contribution < 1.29 is 14.3 Å². The predicted molar refractivity (Wildman–Crippen MR) is 150 cm³/mol. The van der Waals surface area contributed by atoms with Crippen molar-refractivity contribution in [3.8, 4) is 46.0 Å². The third-order valence-electron chi connectivity index (χ3n) is 7.28. The normalized spacial score (nSPS) is 16.9. The number of hydrogen-bond acceptors (Lipinski definition) is 6. The Morgan fingerprint density at radius 3 is 2.74 bits per heavy atom. The van der Waals surface area contributed by atoms with Gasteiger partial charge in [0.1, 0.15) is 18.1 Å². The van der Waals surface area contributed by atoms with Crippen LogP contribution in [0.1, 0.15) is 31.4 Å². The van der Waals surface area contributed by atoms with E-state index in [0.717, 1.165) is 46.7 Å². The fourth-order valence-electron chi connectivity index (χ4n) is 5.34. The average Bonchev–Trinajstić information content (AvgIpc) is 3.54. The van der Waals surface area contributed by atoms with Gasteiger partial charge in [-0.05, 0) is 50.0 Å². The summed E-state index contributed by atoms with van der Waals surface area (Å²) in [5.74, 6) is 6.59. The molecule has 2 aromatic carbocycles. The van der Waals surface area contributed by atoms with E-state index >= 15 is 0 Å². The maximum absolute atomic E-state index is 12.1. The van der Waals surface area contributed by atoms with Crippen LogP contribution in [0.25, 0.3) is 28.2 Å². The van der Waals surface area contributed by atoms with Gasteiger partial charge in [-0.1, -0.05) is 41.8 Å². The van der Waals surface area contributed by atoms with Gasteiger partial charge in [0.25, 0.3) is 5.91 Å². The Morgan fingerprint density at radius 2 is 1.97 bits per heavy atom. The SMILES string of the molecule is CC#CC(=O)N1CCC(N[C@H]2COc3cc(-c4nc5ccc(OC)nn5c4-c4cccc(Cl)c4)ccc32)CC1. The highest BCUT2D eigenvalue weighted by molar-refractivity contribution is 6.30. The quantitative estimate of drug-likeness (QED) is 0.367. The van der Waals surface area contributed by atoms with E-state index in [9.17, 15) is 4.79 Å². The molecule has 8 nitrogen and oxygen atoms in total. The van der Waals surface area contributed by atoms with Gasteiger partial charge in [0.15, 0.2) is 5.65 Å². The Morgan fingerprint density at radius 1 is 1.13 bits per heavy atom. The maximum Gasteiger partial charge on any atom is 0.298 e. The summed E-state index contributed by atoms with van der Waals surface area (Å²) >= 11 is 6.35. The highest BCUT2D eigenvalue weighted by Crippen LogP contribution is 2.40. The molecule has 0 spiro atoms. The summed E-state index contributed by atoms with van der Waals surface area (Å²) in [6.45, 7) is 3.67. The summed E-state index contributed by atoms with van der Waals surface area (Å²) in [5.41, 5.74) is 5.28. The number of nitrogens with zero attached hydrogens (tertiary/aromatic N) is 4. The molecule has 1 saturated heterocycles. The molecule has 4 aromatic rings. The number of amides is 1. The summed E-state index contributed by atoms with van der Waals surface area (Å²) in [5, 5.41) is 9.02. The third kappa shape index (κ3) is 4.91. The standard InChI is InChI=1S/C30H28ClN5O3/c1-3-5-28(37)35-14-12-22(13-15-35)32-24-18-39-25-17-19(8-9-23(24)25)29-30(20-6-4-7-21(31)16-20)36-26(33-29)10-11-27(34-36)38-2/h4,6-11,16-17,22,24,32H,12-15,18H2,1-2H3/t24-/m0/s1. The van der Waals surface area contributed by atoms with Gasteiger partial charge in [-0.15, -0.1) is 5.10 Å². The van der Waals surface area contributed by atoms with Crippen molar-refractivity contribution >= 4 is 23.2 Å². The minimum atomic E-state index is -0.0873. The van der Waals surface area contributed by atoms with Gasteiger partial charge in [0, 0.05) is 46.9 Å². The van der Waals surface area contributed by atoms with E-state index in [0.29, 0.717) is 42.3 Å². The van der Waals surface area contributed by atoms with E-state index in [1.165, 1.54) is 0 Å². The molecule has 1 atom stereocenters. The number of aromatic nitrogens is 3. The topological polar surface area (TPSA) is 81.0 Å². The first kappa shape index (κ1) is 25.2. The molecule has 0 radical (unpaired) electrons. The van der Waals surface area contributed by atoms with Crippen LogP contribution in [0.4, 0.5) is 0 Å². The van der Waals surface area contributed by atoms with Crippen LogP contribution in [0.15, 0.2) is 54.6 Å². The lowest BCUT2D eigenvalue weighted by Crippen LogP contribution is -2.45. The van der Waals surface area contributed by atoms with E-state index in [4.69, 9.17) is 26.1 Å². The van der Waals surface area contributed by atoms with Gasteiger partial charge < -0.3 is 19.7 Å². The fraction of sp³-hybridized carbons (Fsp3) is 0.300.